The Kier molecular flexibility index (Phi) is 3.59. The SMILES string of the molecule is Cc1cccc(N2C(=O)Cc3ccccc32)c1-c1ccc(C#N)cc1. The van der Waals surface area contributed by atoms with Gasteiger partial charge < -0.3 is 0 Å². The maximum absolute atomic E-state index is 12.7. The molecule has 3 aromatic rings. The molecule has 0 fully saturated rings. The highest BCUT2D eigenvalue weighted by atomic mass is 16.2. The first-order valence-corrected chi connectivity index (χ1v) is 8.20. The molecule has 0 N–H and O–H groups in total. The fourth-order valence-electron chi connectivity index (χ4n) is 3.44. The second kappa shape index (κ2) is 5.92. The first kappa shape index (κ1) is 15.2. The summed E-state index contributed by atoms with van der Waals surface area (Å²) in [6.45, 7) is 2.05. The number of amides is 1. The van der Waals surface area contributed by atoms with E-state index in [0.717, 1.165) is 33.6 Å². The van der Waals surface area contributed by atoms with Crippen LogP contribution in [-0.2, 0) is 11.2 Å². The van der Waals surface area contributed by atoms with Crippen LogP contribution in [0.3, 0.4) is 0 Å². The van der Waals surface area contributed by atoms with E-state index in [1.165, 1.54) is 0 Å². The van der Waals surface area contributed by atoms with Crippen LogP contribution in [0.15, 0.2) is 66.7 Å². The summed E-state index contributed by atoms with van der Waals surface area (Å²) in [5.41, 5.74) is 6.65. The van der Waals surface area contributed by atoms with E-state index in [2.05, 4.69) is 6.07 Å². The third kappa shape index (κ3) is 2.49. The number of para-hydroxylation sites is 1. The van der Waals surface area contributed by atoms with Gasteiger partial charge in [0.05, 0.1) is 29.4 Å². The van der Waals surface area contributed by atoms with Crippen molar-refractivity contribution in [3.63, 3.8) is 0 Å². The monoisotopic (exact) mass is 324 g/mol. The van der Waals surface area contributed by atoms with Crippen LogP contribution < -0.4 is 4.90 Å². The highest BCUT2D eigenvalue weighted by Gasteiger charge is 2.30. The largest absolute Gasteiger partial charge is 0.280 e. The van der Waals surface area contributed by atoms with Crippen LogP contribution in [0.1, 0.15) is 16.7 Å². The average Bonchev–Trinajstić information content (AvgIpc) is 2.97. The number of hydrogen-bond acceptors (Lipinski definition) is 2. The Morgan fingerprint density at radius 3 is 2.40 bits per heavy atom. The van der Waals surface area contributed by atoms with Crippen molar-refractivity contribution in [1.82, 2.24) is 0 Å². The Labute approximate surface area is 146 Å². The smallest absolute Gasteiger partial charge is 0.236 e. The number of nitriles is 1. The third-order valence-electron chi connectivity index (χ3n) is 4.62. The fourth-order valence-corrected chi connectivity index (χ4v) is 3.44. The Morgan fingerprint density at radius 2 is 1.64 bits per heavy atom. The summed E-state index contributed by atoms with van der Waals surface area (Å²) in [6.07, 6.45) is 0.428. The molecule has 3 heteroatoms. The summed E-state index contributed by atoms with van der Waals surface area (Å²) in [5.74, 6) is 0.0849. The maximum atomic E-state index is 12.7. The summed E-state index contributed by atoms with van der Waals surface area (Å²) in [4.78, 5) is 14.5. The molecule has 3 aromatic carbocycles. The molecule has 0 bridgehead atoms. The highest BCUT2D eigenvalue weighted by molar-refractivity contribution is 6.10. The molecule has 3 nitrogen and oxygen atoms in total. The van der Waals surface area contributed by atoms with Gasteiger partial charge in [-0.25, -0.2) is 0 Å². The van der Waals surface area contributed by atoms with E-state index in [1.807, 2.05) is 78.6 Å². The van der Waals surface area contributed by atoms with Gasteiger partial charge in [0.1, 0.15) is 0 Å². The second-order valence-electron chi connectivity index (χ2n) is 6.19. The van der Waals surface area contributed by atoms with Crippen LogP contribution in [-0.4, -0.2) is 5.91 Å². The van der Waals surface area contributed by atoms with Crippen molar-refractivity contribution in [3.8, 4) is 17.2 Å². The zero-order valence-electron chi connectivity index (χ0n) is 13.9. The lowest BCUT2D eigenvalue weighted by molar-refractivity contribution is -0.116. The second-order valence-corrected chi connectivity index (χ2v) is 6.19. The topological polar surface area (TPSA) is 44.1 Å². The zero-order valence-corrected chi connectivity index (χ0v) is 13.9. The number of nitrogens with zero attached hydrogens (tertiary/aromatic N) is 2. The van der Waals surface area contributed by atoms with Gasteiger partial charge in [-0.05, 0) is 47.9 Å². The summed E-state index contributed by atoms with van der Waals surface area (Å²) < 4.78 is 0. The van der Waals surface area contributed by atoms with E-state index >= 15 is 0 Å². The molecule has 0 spiro atoms. The molecular formula is C22H16N2O. The van der Waals surface area contributed by atoms with Gasteiger partial charge in [-0.1, -0.05) is 42.5 Å². The maximum Gasteiger partial charge on any atom is 0.236 e. The van der Waals surface area contributed by atoms with E-state index in [0.29, 0.717) is 12.0 Å². The van der Waals surface area contributed by atoms with Gasteiger partial charge in [0.25, 0.3) is 0 Å². The molecule has 4 rings (SSSR count). The Bertz CT molecular complexity index is 1010. The number of benzene rings is 3. The quantitative estimate of drug-likeness (QED) is 0.682. The van der Waals surface area contributed by atoms with E-state index in [9.17, 15) is 4.79 Å². The molecule has 0 saturated heterocycles. The van der Waals surface area contributed by atoms with Gasteiger partial charge in [-0.15, -0.1) is 0 Å². The van der Waals surface area contributed by atoms with Crippen molar-refractivity contribution in [3.05, 3.63) is 83.4 Å². The Balaban J connectivity index is 1.91. The molecule has 1 amide bonds. The predicted octanol–water partition coefficient (Wildman–Crippen LogP) is 4.75. The molecule has 0 aliphatic carbocycles. The van der Waals surface area contributed by atoms with Gasteiger partial charge in [-0.3, -0.25) is 9.69 Å². The number of fused-ring (bicyclic) bond motifs is 1. The molecule has 120 valence electrons. The van der Waals surface area contributed by atoms with E-state index in [4.69, 9.17) is 5.26 Å². The molecule has 1 aliphatic rings. The van der Waals surface area contributed by atoms with Crippen LogP contribution in [0, 0.1) is 18.3 Å². The first-order valence-electron chi connectivity index (χ1n) is 8.20. The van der Waals surface area contributed by atoms with Gasteiger partial charge in [-0.2, -0.15) is 5.26 Å². The third-order valence-corrected chi connectivity index (χ3v) is 4.62. The van der Waals surface area contributed by atoms with E-state index in [1.54, 1.807) is 0 Å². The molecular weight excluding hydrogens is 308 g/mol. The lowest BCUT2D eigenvalue weighted by Gasteiger charge is -2.23. The molecule has 25 heavy (non-hydrogen) atoms. The van der Waals surface area contributed by atoms with Crippen LogP contribution in [0.4, 0.5) is 11.4 Å². The van der Waals surface area contributed by atoms with Crippen molar-refractivity contribution in [2.24, 2.45) is 0 Å². The number of aryl methyl sites for hydroxylation is 1. The standard InChI is InChI=1S/C22H16N2O/c1-15-5-4-8-20(22(15)17-11-9-16(14-23)10-12-17)24-19-7-3-2-6-18(19)13-21(24)25/h2-12H,13H2,1H3. The van der Waals surface area contributed by atoms with Crippen molar-refractivity contribution in [1.29, 1.82) is 5.26 Å². The van der Waals surface area contributed by atoms with Crippen molar-refractivity contribution in [2.45, 2.75) is 13.3 Å². The number of anilines is 2. The molecule has 1 aliphatic heterocycles. The summed E-state index contributed by atoms with van der Waals surface area (Å²) >= 11 is 0. The van der Waals surface area contributed by atoms with Crippen LogP contribution >= 0.6 is 0 Å². The number of carbonyl (C=O) groups excluding carboxylic acids is 1. The number of carbonyl (C=O) groups is 1. The van der Waals surface area contributed by atoms with Gasteiger partial charge in [0.2, 0.25) is 5.91 Å². The van der Waals surface area contributed by atoms with Crippen molar-refractivity contribution < 1.29 is 4.79 Å². The Morgan fingerprint density at radius 1 is 0.920 bits per heavy atom. The number of rotatable bonds is 2. The van der Waals surface area contributed by atoms with Crippen LogP contribution in [0.5, 0.6) is 0 Å². The molecule has 0 atom stereocenters. The van der Waals surface area contributed by atoms with Gasteiger partial charge in [0.15, 0.2) is 0 Å². The zero-order chi connectivity index (χ0) is 17.4. The molecule has 0 radical (unpaired) electrons. The minimum absolute atomic E-state index is 0.0849. The Hall–Kier alpha value is -3.38. The minimum Gasteiger partial charge on any atom is -0.280 e. The fraction of sp³-hybridized carbons (Fsp3) is 0.0909. The number of hydrogen-bond donors (Lipinski definition) is 0. The minimum atomic E-state index is 0.0849. The van der Waals surface area contributed by atoms with E-state index in [-0.39, 0.29) is 5.91 Å². The van der Waals surface area contributed by atoms with Crippen molar-refractivity contribution >= 4 is 17.3 Å². The highest BCUT2D eigenvalue weighted by Crippen LogP contribution is 2.41. The average molecular weight is 324 g/mol. The first-order chi connectivity index (χ1) is 12.2. The van der Waals surface area contributed by atoms with Crippen molar-refractivity contribution in [2.75, 3.05) is 4.90 Å². The summed E-state index contributed by atoms with van der Waals surface area (Å²) in [6, 6.07) is 23.6. The van der Waals surface area contributed by atoms with Gasteiger partial charge in [0, 0.05) is 5.56 Å². The van der Waals surface area contributed by atoms with E-state index < -0.39 is 0 Å². The summed E-state index contributed by atoms with van der Waals surface area (Å²) in [7, 11) is 0. The lowest BCUT2D eigenvalue weighted by atomic mass is 9.97. The van der Waals surface area contributed by atoms with Crippen LogP contribution in [0.2, 0.25) is 0 Å². The molecule has 0 unspecified atom stereocenters. The summed E-state index contributed by atoms with van der Waals surface area (Å²) in [5, 5.41) is 9.02. The predicted molar refractivity (Wildman–Crippen MR) is 98.6 cm³/mol. The lowest BCUT2D eigenvalue weighted by Crippen LogP contribution is -2.21. The van der Waals surface area contributed by atoms with Crippen LogP contribution in [0.25, 0.3) is 11.1 Å². The van der Waals surface area contributed by atoms with Gasteiger partial charge >= 0.3 is 0 Å². The molecule has 1 heterocycles. The molecule has 0 aromatic heterocycles. The molecule has 0 saturated carbocycles. The normalized spacial score (nSPS) is 12.8.